The van der Waals surface area contributed by atoms with Gasteiger partial charge in [-0.25, -0.2) is 0 Å². The average molecular weight is 340 g/mol. The summed E-state index contributed by atoms with van der Waals surface area (Å²) in [6.45, 7) is 5.40. The van der Waals surface area contributed by atoms with Crippen molar-refractivity contribution in [2.24, 2.45) is 0 Å². The standard InChI is InChI=1S/C19H24N4O2/c20-14-17(19(24)21-7-9-22-10-12-25-13-11-22)15-23-8-3-5-16-4-1-2-6-18(16)23/h1-2,4,6,15H,3,5,7-13H2,(H,21,24)/b17-15-. The van der Waals surface area contributed by atoms with Gasteiger partial charge in [-0.2, -0.15) is 5.26 Å². The number of nitrogens with one attached hydrogen (secondary N) is 1. The molecule has 132 valence electrons. The molecule has 0 atom stereocenters. The molecule has 1 saturated heterocycles. The molecule has 1 N–H and O–H groups in total. The first kappa shape index (κ1) is 17.5. The number of amides is 1. The number of rotatable bonds is 5. The van der Waals surface area contributed by atoms with E-state index < -0.39 is 0 Å². The number of nitrogens with zero attached hydrogens (tertiary/aromatic N) is 3. The number of ether oxygens (including phenoxy) is 1. The number of aryl methyl sites for hydroxylation is 1. The number of para-hydroxylation sites is 1. The van der Waals surface area contributed by atoms with Crippen molar-refractivity contribution in [3.63, 3.8) is 0 Å². The summed E-state index contributed by atoms with van der Waals surface area (Å²) in [6.07, 6.45) is 3.74. The molecule has 2 aliphatic rings. The molecule has 2 heterocycles. The number of carbonyl (C=O) groups excluding carboxylic acids is 1. The first-order valence-electron chi connectivity index (χ1n) is 8.82. The van der Waals surface area contributed by atoms with E-state index in [2.05, 4.69) is 16.3 Å². The van der Waals surface area contributed by atoms with Gasteiger partial charge in [0.15, 0.2) is 0 Å². The number of fused-ring (bicyclic) bond motifs is 1. The molecule has 6 heteroatoms. The quantitative estimate of drug-likeness (QED) is 0.646. The van der Waals surface area contributed by atoms with Gasteiger partial charge in [0.25, 0.3) is 5.91 Å². The minimum Gasteiger partial charge on any atom is -0.379 e. The predicted octanol–water partition coefficient (Wildman–Crippen LogP) is 1.30. The Hall–Kier alpha value is -2.36. The number of anilines is 1. The molecule has 6 nitrogen and oxygen atoms in total. The third-order valence-electron chi connectivity index (χ3n) is 4.61. The van der Waals surface area contributed by atoms with E-state index in [0.29, 0.717) is 6.54 Å². The van der Waals surface area contributed by atoms with Crippen LogP contribution in [0, 0.1) is 11.3 Å². The number of benzene rings is 1. The van der Waals surface area contributed by atoms with Gasteiger partial charge in [-0.15, -0.1) is 0 Å². The molecule has 0 radical (unpaired) electrons. The Morgan fingerprint density at radius 3 is 2.88 bits per heavy atom. The lowest BCUT2D eigenvalue weighted by Crippen LogP contribution is -2.41. The predicted molar refractivity (Wildman–Crippen MR) is 96.1 cm³/mol. The lowest BCUT2D eigenvalue weighted by atomic mass is 10.0. The highest BCUT2D eigenvalue weighted by molar-refractivity contribution is 5.97. The van der Waals surface area contributed by atoms with E-state index in [-0.39, 0.29) is 11.5 Å². The monoisotopic (exact) mass is 340 g/mol. The van der Waals surface area contributed by atoms with Crippen molar-refractivity contribution in [1.82, 2.24) is 10.2 Å². The van der Waals surface area contributed by atoms with Crippen LogP contribution in [0.5, 0.6) is 0 Å². The first-order valence-corrected chi connectivity index (χ1v) is 8.82. The number of hydrogen-bond acceptors (Lipinski definition) is 5. The van der Waals surface area contributed by atoms with Crippen molar-refractivity contribution in [2.45, 2.75) is 12.8 Å². The maximum absolute atomic E-state index is 12.3. The smallest absolute Gasteiger partial charge is 0.263 e. The zero-order valence-corrected chi connectivity index (χ0v) is 14.4. The van der Waals surface area contributed by atoms with E-state index >= 15 is 0 Å². The Balaban J connectivity index is 1.59. The third-order valence-corrected chi connectivity index (χ3v) is 4.61. The zero-order chi connectivity index (χ0) is 17.5. The third kappa shape index (κ3) is 4.59. The molecule has 0 bridgehead atoms. The van der Waals surface area contributed by atoms with Gasteiger partial charge in [0.1, 0.15) is 11.6 Å². The van der Waals surface area contributed by atoms with Crippen molar-refractivity contribution in [3.05, 3.63) is 41.6 Å². The van der Waals surface area contributed by atoms with Gasteiger partial charge in [-0.05, 0) is 24.5 Å². The topological polar surface area (TPSA) is 68.6 Å². The van der Waals surface area contributed by atoms with Crippen LogP contribution >= 0.6 is 0 Å². The van der Waals surface area contributed by atoms with E-state index in [4.69, 9.17) is 4.74 Å². The molecule has 25 heavy (non-hydrogen) atoms. The fourth-order valence-electron chi connectivity index (χ4n) is 3.24. The van der Waals surface area contributed by atoms with Crippen molar-refractivity contribution in [1.29, 1.82) is 5.26 Å². The molecule has 0 aliphatic carbocycles. The molecule has 0 saturated carbocycles. The number of nitriles is 1. The van der Waals surface area contributed by atoms with Crippen molar-refractivity contribution in [3.8, 4) is 6.07 Å². The van der Waals surface area contributed by atoms with Crippen LogP contribution in [0.4, 0.5) is 5.69 Å². The van der Waals surface area contributed by atoms with Crippen LogP contribution in [-0.2, 0) is 16.0 Å². The highest BCUT2D eigenvalue weighted by Crippen LogP contribution is 2.27. The van der Waals surface area contributed by atoms with E-state index in [9.17, 15) is 10.1 Å². The van der Waals surface area contributed by atoms with Crippen LogP contribution in [-0.4, -0.2) is 56.7 Å². The molecule has 3 rings (SSSR count). The molecular formula is C19H24N4O2. The van der Waals surface area contributed by atoms with E-state index in [1.54, 1.807) is 6.20 Å². The van der Waals surface area contributed by atoms with Gasteiger partial charge in [-0.3, -0.25) is 9.69 Å². The second kappa shape index (κ2) is 8.65. The summed E-state index contributed by atoms with van der Waals surface area (Å²) in [5, 5.41) is 12.2. The number of morpholine rings is 1. The minimum absolute atomic E-state index is 0.152. The molecule has 0 aromatic heterocycles. The highest BCUT2D eigenvalue weighted by atomic mass is 16.5. The summed E-state index contributed by atoms with van der Waals surface area (Å²) < 4.78 is 5.31. The summed E-state index contributed by atoms with van der Waals surface area (Å²) in [7, 11) is 0. The minimum atomic E-state index is -0.307. The molecular weight excluding hydrogens is 316 g/mol. The Kier molecular flexibility index (Phi) is 6.04. The fraction of sp³-hybridized carbons (Fsp3) is 0.474. The second-order valence-electron chi connectivity index (χ2n) is 6.29. The van der Waals surface area contributed by atoms with Gasteiger partial charge in [-0.1, -0.05) is 18.2 Å². The SMILES string of the molecule is N#C/C(=C/N1CCCc2ccccc21)C(=O)NCCN1CCOCC1. The van der Waals surface area contributed by atoms with Gasteiger partial charge in [0.2, 0.25) is 0 Å². The Morgan fingerprint density at radius 2 is 2.08 bits per heavy atom. The van der Waals surface area contributed by atoms with Crippen LogP contribution < -0.4 is 10.2 Å². The summed E-state index contributed by atoms with van der Waals surface area (Å²) in [6, 6.07) is 10.2. The summed E-state index contributed by atoms with van der Waals surface area (Å²) in [5.74, 6) is -0.307. The lowest BCUT2D eigenvalue weighted by Gasteiger charge is -2.28. The maximum Gasteiger partial charge on any atom is 0.263 e. The summed E-state index contributed by atoms with van der Waals surface area (Å²) in [5.41, 5.74) is 2.50. The number of hydrogen-bond donors (Lipinski definition) is 1. The average Bonchev–Trinajstić information content (AvgIpc) is 2.67. The normalized spacial score (nSPS) is 18.4. The number of carbonyl (C=O) groups is 1. The Labute approximate surface area is 148 Å². The van der Waals surface area contributed by atoms with Crippen molar-refractivity contribution >= 4 is 11.6 Å². The summed E-state index contributed by atoms with van der Waals surface area (Å²) >= 11 is 0. The van der Waals surface area contributed by atoms with Gasteiger partial charge in [0.05, 0.1) is 13.2 Å². The fourth-order valence-corrected chi connectivity index (χ4v) is 3.24. The lowest BCUT2D eigenvalue weighted by molar-refractivity contribution is -0.117. The summed E-state index contributed by atoms with van der Waals surface area (Å²) in [4.78, 5) is 16.6. The van der Waals surface area contributed by atoms with Crippen molar-refractivity contribution < 1.29 is 9.53 Å². The zero-order valence-electron chi connectivity index (χ0n) is 14.4. The molecule has 1 fully saturated rings. The van der Waals surface area contributed by atoms with Crippen LogP contribution in [0.15, 0.2) is 36.0 Å². The van der Waals surface area contributed by atoms with E-state index in [1.165, 1.54) is 5.56 Å². The Morgan fingerprint density at radius 1 is 1.28 bits per heavy atom. The molecule has 1 amide bonds. The van der Waals surface area contributed by atoms with Crippen LogP contribution in [0.3, 0.4) is 0 Å². The van der Waals surface area contributed by atoms with Crippen LogP contribution in [0.1, 0.15) is 12.0 Å². The van der Waals surface area contributed by atoms with Crippen LogP contribution in [0.25, 0.3) is 0 Å². The van der Waals surface area contributed by atoms with Gasteiger partial charge >= 0.3 is 0 Å². The van der Waals surface area contributed by atoms with E-state index in [1.807, 2.05) is 29.2 Å². The molecule has 0 spiro atoms. The van der Waals surface area contributed by atoms with Crippen molar-refractivity contribution in [2.75, 3.05) is 50.8 Å². The molecule has 0 unspecified atom stereocenters. The second-order valence-corrected chi connectivity index (χ2v) is 6.29. The first-order chi connectivity index (χ1) is 12.3. The van der Waals surface area contributed by atoms with Gasteiger partial charge < -0.3 is 15.0 Å². The maximum atomic E-state index is 12.3. The van der Waals surface area contributed by atoms with E-state index in [0.717, 1.165) is 57.9 Å². The van der Waals surface area contributed by atoms with Crippen LogP contribution in [0.2, 0.25) is 0 Å². The highest BCUT2D eigenvalue weighted by Gasteiger charge is 2.18. The molecule has 1 aromatic carbocycles. The molecule has 2 aliphatic heterocycles. The Bertz CT molecular complexity index is 674. The van der Waals surface area contributed by atoms with Gasteiger partial charge in [0, 0.05) is 44.6 Å². The molecule has 1 aromatic rings. The largest absolute Gasteiger partial charge is 0.379 e.